The second-order valence-electron chi connectivity index (χ2n) is 4.09. The summed E-state index contributed by atoms with van der Waals surface area (Å²) in [7, 11) is -3.87. The van der Waals surface area contributed by atoms with Crippen molar-refractivity contribution in [3.63, 3.8) is 0 Å². The molecule has 6 heteroatoms. The fraction of sp³-hybridized carbons (Fsp3) is 0. The first-order chi connectivity index (χ1) is 10.0. The predicted molar refractivity (Wildman–Crippen MR) is 77.3 cm³/mol. The third-order valence-electron chi connectivity index (χ3n) is 2.67. The lowest BCUT2D eigenvalue weighted by molar-refractivity contribution is 0.603. The van der Waals surface area contributed by atoms with Crippen molar-refractivity contribution in [2.45, 2.75) is 4.90 Å². The zero-order chi connectivity index (χ0) is 15.3. The Bertz CT molecular complexity index is 792. The molecule has 0 saturated heterocycles. The lowest BCUT2D eigenvalue weighted by Crippen LogP contribution is -2.05. The highest BCUT2D eigenvalue weighted by atomic mass is 32.2. The lowest BCUT2D eigenvalue weighted by atomic mass is 10.3. The Hall–Kier alpha value is -2.65. The molecule has 4 nitrogen and oxygen atoms in total. The highest BCUT2D eigenvalue weighted by Gasteiger charge is 2.20. The molecule has 0 heterocycles. The quantitative estimate of drug-likeness (QED) is 0.881. The van der Waals surface area contributed by atoms with Crippen LogP contribution in [0.1, 0.15) is 0 Å². The lowest BCUT2D eigenvalue weighted by Gasteiger charge is -2.04. The number of benzene rings is 2. The first-order valence-electron chi connectivity index (χ1n) is 5.96. The summed E-state index contributed by atoms with van der Waals surface area (Å²) < 4.78 is 37.3. The van der Waals surface area contributed by atoms with Crippen LogP contribution in [0.2, 0.25) is 0 Å². The van der Waals surface area contributed by atoms with Crippen LogP contribution >= 0.6 is 0 Å². The molecular weight excluding hydrogens is 291 g/mol. The van der Waals surface area contributed by atoms with E-state index in [1.807, 2.05) is 0 Å². The molecule has 2 rings (SSSR count). The van der Waals surface area contributed by atoms with E-state index in [4.69, 9.17) is 5.26 Å². The topological polar surface area (TPSA) is 70.0 Å². The summed E-state index contributed by atoms with van der Waals surface area (Å²) in [6.07, 6.45) is 1.09. The number of sulfone groups is 1. The van der Waals surface area contributed by atoms with Gasteiger partial charge < -0.3 is 5.32 Å². The van der Waals surface area contributed by atoms with E-state index < -0.39 is 20.6 Å². The fourth-order valence-electron chi connectivity index (χ4n) is 1.59. The van der Waals surface area contributed by atoms with Crippen molar-refractivity contribution in [1.82, 2.24) is 0 Å². The van der Waals surface area contributed by atoms with Gasteiger partial charge in [0, 0.05) is 11.9 Å². The Morgan fingerprint density at radius 3 is 2.29 bits per heavy atom. The minimum atomic E-state index is -3.87. The summed E-state index contributed by atoms with van der Waals surface area (Å²) in [5, 5.41) is 11.7. The van der Waals surface area contributed by atoms with Gasteiger partial charge in [0.15, 0.2) is 4.91 Å². The number of halogens is 1. The largest absolute Gasteiger partial charge is 0.360 e. The van der Waals surface area contributed by atoms with Crippen molar-refractivity contribution in [2.75, 3.05) is 5.32 Å². The van der Waals surface area contributed by atoms with Crippen LogP contribution in [0.3, 0.4) is 0 Å². The first-order valence-corrected chi connectivity index (χ1v) is 7.45. The van der Waals surface area contributed by atoms with Crippen LogP contribution in [0.5, 0.6) is 0 Å². The number of nitriles is 1. The highest BCUT2D eigenvalue weighted by molar-refractivity contribution is 7.95. The molecule has 0 atom stereocenters. The minimum absolute atomic E-state index is 0.0405. The third-order valence-corrected chi connectivity index (χ3v) is 4.35. The molecule has 0 aliphatic rings. The molecule has 1 N–H and O–H groups in total. The van der Waals surface area contributed by atoms with E-state index in [9.17, 15) is 12.8 Å². The van der Waals surface area contributed by atoms with Crippen LogP contribution < -0.4 is 5.32 Å². The van der Waals surface area contributed by atoms with Gasteiger partial charge in [0.05, 0.1) is 4.90 Å². The number of rotatable bonds is 4. The van der Waals surface area contributed by atoms with Crippen LogP contribution in [0.4, 0.5) is 10.1 Å². The molecule has 0 bridgehead atoms. The molecule has 0 saturated carbocycles. The molecule has 0 aliphatic carbocycles. The van der Waals surface area contributed by atoms with E-state index in [0.717, 1.165) is 6.20 Å². The Morgan fingerprint density at radius 2 is 1.71 bits per heavy atom. The van der Waals surface area contributed by atoms with Gasteiger partial charge in [-0.05, 0) is 36.4 Å². The second-order valence-corrected chi connectivity index (χ2v) is 6.01. The Morgan fingerprint density at radius 1 is 1.10 bits per heavy atom. The molecular formula is C15H11FN2O2S. The first kappa shape index (κ1) is 14.8. The zero-order valence-corrected chi connectivity index (χ0v) is 11.6. The van der Waals surface area contributed by atoms with E-state index in [1.54, 1.807) is 24.3 Å². The van der Waals surface area contributed by atoms with Crippen LogP contribution in [0.25, 0.3) is 0 Å². The maximum absolute atomic E-state index is 12.8. The van der Waals surface area contributed by atoms with Crippen molar-refractivity contribution in [1.29, 1.82) is 5.26 Å². The summed E-state index contributed by atoms with van der Waals surface area (Å²) in [5.74, 6) is -0.401. The number of nitrogens with zero attached hydrogens (tertiary/aromatic N) is 1. The Kier molecular flexibility index (Phi) is 4.36. The third kappa shape index (κ3) is 3.46. The van der Waals surface area contributed by atoms with Crippen molar-refractivity contribution in [3.05, 3.63) is 71.5 Å². The van der Waals surface area contributed by atoms with Crippen LogP contribution in [-0.2, 0) is 9.84 Å². The molecule has 0 fully saturated rings. The molecule has 2 aromatic carbocycles. The molecule has 106 valence electrons. The van der Waals surface area contributed by atoms with Crippen molar-refractivity contribution >= 4 is 15.5 Å². The van der Waals surface area contributed by atoms with E-state index in [0.29, 0.717) is 5.69 Å². The molecule has 0 unspecified atom stereocenters. The van der Waals surface area contributed by atoms with Gasteiger partial charge in [0.2, 0.25) is 9.84 Å². The van der Waals surface area contributed by atoms with Crippen LogP contribution in [-0.4, -0.2) is 8.42 Å². The number of hydrogen-bond donors (Lipinski definition) is 1. The molecule has 2 aromatic rings. The van der Waals surface area contributed by atoms with Gasteiger partial charge in [-0.1, -0.05) is 18.2 Å². The summed E-state index contributed by atoms with van der Waals surface area (Å²) in [6, 6.07) is 14.7. The normalized spacial score (nSPS) is 11.7. The number of allylic oxidation sites excluding steroid dienone is 1. The van der Waals surface area contributed by atoms with Gasteiger partial charge in [-0.15, -0.1) is 0 Å². The number of hydrogen-bond acceptors (Lipinski definition) is 4. The van der Waals surface area contributed by atoms with E-state index in [1.165, 1.54) is 36.4 Å². The minimum Gasteiger partial charge on any atom is -0.360 e. The molecule has 21 heavy (non-hydrogen) atoms. The highest BCUT2D eigenvalue weighted by Crippen LogP contribution is 2.18. The van der Waals surface area contributed by atoms with Crippen LogP contribution in [0.15, 0.2) is 70.6 Å². The van der Waals surface area contributed by atoms with Gasteiger partial charge in [-0.2, -0.15) is 5.26 Å². The van der Waals surface area contributed by atoms with Gasteiger partial charge in [-0.3, -0.25) is 0 Å². The summed E-state index contributed by atoms with van der Waals surface area (Å²) in [6.45, 7) is 0. The smallest absolute Gasteiger partial charge is 0.218 e. The molecule has 0 aromatic heterocycles. The van der Waals surface area contributed by atoms with E-state index in [-0.39, 0.29) is 4.90 Å². The standard InChI is InChI=1S/C15H11FN2O2S/c16-12-6-8-13(9-7-12)18-11-15(10-17)21(19,20)14-4-2-1-3-5-14/h1-9,11,18H/b15-11+. The van der Waals surface area contributed by atoms with E-state index in [2.05, 4.69) is 5.32 Å². The average molecular weight is 302 g/mol. The molecule has 0 radical (unpaired) electrons. The predicted octanol–water partition coefficient (Wildman–Crippen LogP) is 3.08. The van der Waals surface area contributed by atoms with Gasteiger partial charge in [0.25, 0.3) is 0 Å². The van der Waals surface area contributed by atoms with Crippen molar-refractivity contribution in [2.24, 2.45) is 0 Å². The van der Waals surface area contributed by atoms with Gasteiger partial charge in [0.1, 0.15) is 11.9 Å². The monoisotopic (exact) mass is 302 g/mol. The fourth-order valence-corrected chi connectivity index (χ4v) is 2.70. The summed E-state index contributed by atoms with van der Waals surface area (Å²) in [4.78, 5) is -0.378. The maximum atomic E-state index is 12.8. The van der Waals surface area contributed by atoms with Crippen LogP contribution in [0, 0.1) is 17.1 Å². The molecule has 0 spiro atoms. The van der Waals surface area contributed by atoms with Gasteiger partial charge >= 0.3 is 0 Å². The zero-order valence-electron chi connectivity index (χ0n) is 10.8. The number of nitrogens with one attached hydrogen (secondary N) is 1. The molecule has 0 aliphatic heterocycles. The number of anilines is 1. The van der Waals surface area contributed by atoms with Crippen molar-refractivity contribution in [3.8, 4) is 6.07 Å². The average Bonchev–Trinajstić information content (AvgIpc) is 2.50. The maximum Gasteiger partial charge on any atom is 0.218 e. The Labute approximate surface area is 122 Å². The second kappa shape index (κ2) is 6.20. The summed E-state index contributed by atoms with van der Waals surface area (Å²) in [5.41, 5.74) is 0.479. The van der Waals surface area contributed by atoms with Crippen molar-refractivity contribution < 1.29 is 12.8 Å². The Balaban J connectivity index is 2.29. The SMILES string of the molecule is N#C/C(=C\Nc1ccc(F)cc1)S(=O)(=O)c1ccccc1. The summed E-state index contributed by atoms with van der Waals surface area (Å²) >= 11 is 0. The van der Waals surface area contributed by atoms with E-state index >= 15 is 0 Å². The molecule has 0 amide bonds. The van der Waals surface area contributed by atoms with Gasteiger partial charge in [-0.25, -0.2) is 12.8 Å².